The maximum Gasteiger partial charge on any atom is 0.166 e. The SMILES string of the molecule is Oc1cccc(C=Nc2cccc(Br)c2)c1O. The molecule has 0 aliphatic heterocycles. The Morgan fingerprint density at radius 1 is 1.06 bits per heavy atom. The van der Waals surface area contributed by atoms with Gasteiger partial charge in [-0.2, -0.15) is 0 Å². The molecule has 0 atom stereocenters. The lowest BCUT2D eigenvalue weighted by atomic mass is 10.2. The van der Waals surface area contributed by atoms with Gasteiger partial charge in [0.2, 0.25) is 0 Å². The first-order valence-corrected chi connectivity index (χ1v) is 5.77. The summed E-state index contributed by atoms with van der Waals surface area (Å²) in [6.07, 6.45) is 1.51. The summed E-state index contributed by atoms with van der Waals surface area (Å²) in [6, 6.07) is 12.2. The van der Waals surface area contributed by atoms with Crippen LogP contribution >= 0.6 is 15.9 Å². The van der Waals surface area contributed by atoms with Gasteiger partial charge in [0.1, 0.15) is 0 Å². The molecule has 2 aromatic rings. The van der Waals surface area contributed by atoms with E-state index >= 15 is 0 Å². The summed E-state index contributed by atoms with van der Waals surface area (Å²) in [5.41, 5.74) is 1.24. The molecule has 0 radical (unpaired) electrons. The molecule has 0 aromatic heterocycles. The van der Waals surface area contributed by atoms with Crippen LogP contribution in [0.1, 0.15) is 5.56 Å². The fourth-order valence-electron chi connectivity index (χ4n) is 1.35. The van der Waals surface area contributed by atoms with Gasteiger partial charge in [0, 0.05) is 16.3 Å². The molecule has 2 aromatic carbocycles. The van der Waals surface area contributed by atoms with Crippen molar-refractivity contribution < 1.29 is 10.2 Å². The van der Waals surface area contributed by atoms with Gasteiger partial charge in [-0.25, -0.2) is 0 Å². The maximum atomic E-state index is 9.58. The van der Waals surface area contributed by atoms with Crippen molar-refractivity contribution in [2.45, 2.75) is 0 Å². The minimum Gasteiger partial charge on any atom is -0.504 e. The summed E-state index contributed by atoms with van der Waals surface area (Å²) >= 11 is 3.35. The summed E-state index contributed by atoms with van der Waals surface area (Å²) in [5, 5.41) is 18.9. The smallest absolute Gasteiger partial charge is 0.166 e. The number of aliphatic imine (C=N–C) groups is 1. The van der Waals surface area contributed by atoms with Crippen molar-refractivity contribution in [3.8, 4) is 11.5 Å². The molecule has 17 heavy (non-hydrogen) atoms. The highest BCUT2D eigenvalue weighted by molar-refractivity contribution is 9.10. The first kappa shape index (κ1) is 11.7. The van der Waals surface area contributed by atoms with Crippen LogP contribution < -0.4 is 0 Å². The number of hydrogen-bond acceptors (Lipinski definition) is 3. The Hall–Kier alpha value is -1.81. The van der Waals surface area contributed by atoms with Gasteiger partial charge < -0.3 is 10.2 Å². The molecule has 2 rings (SSSR count). The molecule has 86 valence electrons. The Morgan fingerprint density at radius 3 is 2.59 bits per heavy atom. The van der Waals surface area contributed by atoms with E-state index in [9.17, 15) is 10.2 Å². The van der Waals surface area contributed by atoms with Crippen LogP contribution in [-0.4, -0.2) is 16.4 Å². The molecule has 0 bridgehead atoms. The molecule has 2 N–H and O–H groups in total. The van der Waals surface area contributed by atoms with E-state index in [0.29, 0.717) is 5.56 Å². The number of phenols is 2. The Balaban J connectivity index is 2.29. The lowest BCUT2D eigenvalue weighted by Gasteiger charge is -2.00. The van der Waals surface area contributed by atoms with E-state index in [2.05, 4.69) is 20.9 Å². The summed E-state index contributed by atoms with van der Waals surface area (Å²) in [7, 11) is 0. The number of aromatic hydroxyl groups is 2. The van der Waals surface area contributed by atoms with Crippen molar-refractivity contribution in [1.82, 2.24) is 0 Å². The predicted octanol–water partition coefficient (Wildman–Crippen LogP) is 3.61. The molecule has 4 heteroatoms. The van der Waals surface area contributed by atoms with Crippen LogP contribution in [0.2, 0.25) is 0 Å². The van der Waals surface area contributed by atoms with E-state index in [0.717, 1.165) is 10.2 Å². The van der Waals surface area contributed by atoms with Crippen LogP contribution in [0.15, 0.2) is 51.9 Å². The van der Waals surface area contributed by atoms with Crippen LogP contribution in [0.4, 0.5) is 5.69 Å². The van der Waals surface area contributed by atoms with Gasteiger partial charge in [-0.15, -0.1) is 0 Å². The van der Waals surface area contributed by atoms with Crippen molar-refractivity contribution in [2.24, 2.45) is 4.99 Å². The highest BCUT2D eigenvalue weighted by Gasteiger charge is 2.02. The molecule has 0 aliphatic carbocycles. The van der Waals surface area contributed by atoms with Crippen molar-refractivity contribution in [2.75, 3.05) is 0 Å². The Labute approximate surface area is 107 Å². The number of halogens is 1. The van der Waals surface area contributed by atoms with E-state index < -0.39 is 0 Å². The van der Waals surface area contributed by atoms with E-state index in [1.807, 2.05) is 24.3 Å². The number of rotatable bonds is 2. The molecule has 0 saturated heterocycles. The summed E-state index contributed by atoms with van der Waals surface area (Å²) in [4.78, 5) is 4.21. The topological polar surface area (TPSA) is 52.8 Å². The molecule has 0 fully saturated rings. The normalized spacial score (nSPS) is 10.9. The van der Waals surface area contributed by atoms with E-state index in [1.165, 1.54) is 12.3 Å². The summed E-state index contributed by atoms with van der Waals surface area (Å²) < 4.78 is 0.937. The first-order chi connectivity index (χ1) is 8.16. The molecule has 0 heterocycles. The Bertz CT molecular complexity index is 567. The fraction of sp³-hybridized carbons (Fsp3) is 0. The predicted molar refractivity (Wildman–Crippen MR) is 71.2 cm³/mol. The summed E-state index contributed by atoms with van der Waals surface area (Å²) in [6.45, 7) is 0. The van der Waals surface area contributed by atoms with Crippen molar-refractivity contribution >= 4 is 27.8 Å². The molecule has 0 saturated carbocycles. The quantitative estimate of drug-likeness (QED) is 0.656. The zero-order valence-corrected chi connectivity index (χ0v) is 10.4. The maximum absolute atomic E-state index is 9.58. The van der Waals surface area contributed by atoms with Gasteiger partial charge in [-0.1, -0.05) is 28.1 Å². The van der Waals surface area contributed by atoms with Gasteiger partial charge in [-0.05, 0) is 30.3 Å². The monoisotopic (exact) mass is 291 g/mol. The number of nitrogens with zero attached hydrogens (tertiary/aromatic N) is 1. The highest BCUT2D eigenvalue weighted by Crippen LogP contribution is 2.27. The molecule has 0 unspecified atom stereocenters. The zero-order chi connectivity index (χ0) is 12.3. The third kappa shape index (κ3) is 2.85. The lowest BCUT2D eigenvalue weighted by molar-refractivity contribution is 0.403. The average Bonchev–Trinajstić information content (AvgIpc) is 2.31. The van der Waals surface area contributed by atoms with Crippen molar-refractivity contribution in [1.29, 1.82) is 0 Å². The van der Waals surface area contributed by atoms with Gasteiger partial charge >= 0.3 is 0 Å². The van der Waals surface area contributed by atoms with Gasteiger partial charge in [0.05, 0.1) is 5.69 Å². The summed E-state index contributed by atoms with van der Waals surface area (Å²) in [5.74, 6) is -0.311. The number of hydrogen-bond donors (Lipinski definition) is 2. The largest absolute Gasteiger partial charge is 0.504 e. The second kappa shape index (κ2) is 5.01. The highest BCUT2D eigenvalue weighted by atomic mass is 79.9. The standard InChI is InChI=1S/C13H10BrNO2/c14-10-4-2-5-11(7-10)15-8-9-3-1-6-12(16)13(9)17/h1-8,16-17H. The van der Waals surface area contributed by atoms with Crippen LogP contribution in [0.25, 0.3) is 0 Å². The van der Waals surface area contributed by atoms with Crippen LogP contribution in [-0.2, 0) is 0 Å². The minimum atomic E-state index is -0.161. The minimum absolute atomic E-state index is 0.150. The van der Waals surface area contributed by atoms with E-state index in [-0.39, 0.29) is 11.5 Å². The zero-order valence-electron chi connectivity index (χ0n) is 8.84. The van der Waals surface area contributed by atoms with Crippen LogP contribution in [0.3, 0.4) is 0 Å². The molecule has 0 spiro atoms. The molecular weight excluding hydrogens is 282 g/mol. The Kier molecular flexibility index (Phi) is 3.44. The first-order valence-electron chi connectivity index (χ1n) is 4.97. The molecule has 3 nitrogen and oxygen atoms in total. The number of para-hydroxylation sites is 1. The fourth-order valence-corrected chi connectivity index (χ4v) is 1.74. The lowest BCUT2D eigenvalue weighted by Crippen LogP contribution is -1.82. The van der Waals surface area contributed by atoms with E-state index in [4.69, 9.17) is 0 Å². The van der Waals surface area contributed by atoms with Crippen molar-refractivity contribution in [3.05, 3.63) is 52.5 Å². The van der Waals surface area contributed by atoms with E-state index in [1.54, 1.807) is 12.1 Å². The van der Waals surface area contributed by atoms with Gasteiger partial charge in [0.15, 0.2) is 11.5 Å². The molecular formula is C13H10BrNO2. The van der Waals surface area contributed by atoms with Crippen molar-refractivity contribution in [3.63, 3.8) is 0 Å². The third-order valence-corrected chi connectivity index (χ3v) is 2.70. The Morgan fingerprint density at radius 2 is 1.82 bits per heavy atom. The molecule has 0 amide bonds. The van der Waals surface area contributed by atoms with Crippen LogP contribution in [0, 0.1) is 0 Å². The third-order valence-electron chi connectivity index (χ3n) is 2.21. The second-order valence-electron chi connectivity index (χ2n) is 3.45. The average molecular weight is 292 g/mol. The van der Waals surface area contributed by atoms with Crippen LogP contribution in [0.5, 0.6) is 11.5 Å². The second-order valence-corrected chi connectivity index (χ2v) is 4.37. The number of benzene rings is 2. The van der Waals surface area contributed by atoms with Gasteiger partial charge in [0.25, 0.3) is 0 Å². The number of phenolic OH excluding ortho intramolecular Hbond substituents is 2. The molecule has 0 aliphatic rings. The van der Waals surface area contributed by atoms with Gasteiger partial charge in [-0.3, -0.25) is 4.99 Å².